The largest absolute Gasteiger partial charge is 0.519 e. The van der Waals surface area contributed by atoms with Gasteiger partial charge in [0.2, 0.25) is 5.95 Å². The zero-order chi connectivity index (χ0) is 26.5. The average molecular weight is 608 g/mol. The summed E-state index contributed by atoms with van der Waals surface area (Å²) in [4.78, 5) is 34.5. The van der Waals surface area contributed by atoms with Crippen LogP contribution in [0.2, 0.25) is 0 Å². The third kappa shape index (κ3) is 6.59. The van der Waals surface area contributed by atoms with Crippen molar-refractivity contribution < 1.29 is 22.6 Å². The summed E-state index contributed by atoms with van der Waals surface area (Å²) in [6, 6.07) is 7.79. The van der Waals surface area contributed by atoms with Crippen molar-refractivity contribution in [1.29, 1.82) is 0 Å². The van der Waals surface area contributed by atoms with E-state index in [2.05, 4.69) is 30.9 Å². The van der Waals surface area contributed by atoms with Gasteiger partial charge in [-0.05, 0) is 30.5 Å². The van der Waals surface area contributed by atoms with E-state index < -0.39 is 19.8 Å². The fourth-order valence-electron chi connectivity index (χ4n) is 4.37. The molecule has 38 heavy (non-hydrogen) atoms. The van der Waals surface area contributed by atoms with Gasteiger partial charge in [0.05, 0.1) is 19.5 Å². The van der Waals surface area contributed by atoms with Crippen molar-refractivity contribution in [3.05, 3.63) is 73.1 Å². The van der Waals surface area contributed by atoms with Gasteiger partial charge >= 0.3 is 5.82 Å². The number of aromatic amines is 1. The molecule has 202 valence electrons. The number of imidazole rings is 1. The molecule has 14 heteroatoms. The lowest BCUT2D eigenvalue weighted by molar-refractivity contribution is 0.135. The van der Waals surface area contributed by atoms with Crippen LogP contribution in [0.15, 0.2) is 53.5 Å². The van der Waals surface area contributed by atoms with Crippen LogP contribution in [-0.4, -0.2) is 32.5 Å². The van der Waals surface area contributed by atoms with Crippen LogP contribution in [0.3, 0.4) is 0 Å². The van der Waals surface area contributed by atoms with Gasteiger partial charge in [0.1, 0.15) is 13.0 Å². The summed E-state index contributed by atoms with van der Waals surface area (Å²) in [5.41, 5.74) is 6.83. The molecule has 1 aliphatic carbocycles. The van der Waals surface area contributed by atoms with Crippen LogP contribution in [0.4, 0.5) is 5.95 Å². The van der Waals surface area contributed by atoms with E-state index in [1.165, 1.54) is 6.33 Å². The van der Waals surface area contributed by atoms with Crippen LogP contribution in [0.5, 0.6) is 0 Å². The van der Waals surface area contributed by atoms with Crippen molar-refractivity contribution in [3.63, 3.8) is 0 Å². The first kappa shape index (κ1) is 26.8. The molecule has 1 saturated carbocycles. The lowest BCUT2D eigenvalue weighted by Crippen LogP contribution is -2.13. The van der Waals surface area contributed by atoms with Crippen molar-refractivity contribution >= 4 is 41.4 Å². The molecular formula is C24H27BrN5O7P. The Morgan fingerprint density at radius 1 is 1.18 bits per heavy atom. The van der Waals surface area contributed by atoms with E-state index >= 15 is 0 Å². The van der Waals surface area contributed by atoms with Crippen molar-refractivity contribution in [2.24, 2.45) is 0 Å². The summed E-state index contributed by atoms with van der Waals surface area (Å²) < 4.78 is 31.3. The topological polar surface area (TPSA) is 161 Å². The van der Waals surface area contributed by atoms with Crippen molar-refractivity contribution in [3.8, 4) is 0 Å². The van der Waals surface area contributed by atoms with Gasteiger partial charge < -0.3 is 32.9 Å². The molecule has 1 unspecified atom stereocenters. The van der Waals surface area contributed by atoms with Gasteiger partial charge in [-0.25, -0.2) is 9.78 Å². The Hall–Kier alpha value is -2.83. The van der Waals surface area contributed by atoms with E-state index in [0.717, 1.165) is 35.7 Å². The van der Waals surface area contributed by atoms with Gasteiger partial charge in [-0.1, -0.05) is 40.9 Å². The number of hydrogen-bond acceptors (Lipinski definition) is 10. The summed E-state index contributed by atoms with van der Waals surface area (Å²) in [6.07, 6.45) is 5.80. The average Bonchev–Trinajstić information content (AvgIpc) is 3.63. The fraction of sp³-hybridized carbons (Fsp3) is 0.417. The van der Waals surface area contributed by atoms with Gasteiger partial charge in [0, 0.05) is 16.9 Å². The first-order valence-electron chi connectivity index (χ1n) is 12.1. The molecule has 0 spiro atoms. The number of halogens is 1. The minimum Gasteiger partial charge on any atom is -0.395 e. The number of nitrogens with zero attached hydrogens (tertiary/aromatic N) is 3. The van der Waals surface area contributed by atoms with Crippen LogP contribution >= 0.6 is 24.3 Å². The molecule has 1 atom stereocenters. The molecular weight excluding hydrogens is 581 g/mol. The Kier molecular flexibility index (Phi) is 8.70. The van der Waals surface area contributed by atoms with Crippen LogP contribution in [0.25, 0.3) is 11.2 Å². The molecule has 1 fully saturated rings. The minimum absolute atomic E-state index is 0.0194. The summed E-state index contributed by atoms with van der Waals surface area (Å²) in [7, 11) is -1.50. The second-order valence-corrected chi connectivity index (χ2v) is 11.2. The quantitative estimate of drug-likeness (QED) is 0.174. The molecule has 0 saturated heterocycles. The van der Waals surface area contributed by atoms with Crippen LogP contribution < -0.4 is 17.1 Å². The highest BCUT2D eigenvalue weighted by molar-refractivity contribution is 9.10. The van der Waals surface area contributed by atoms with E-state index in [-0.39, 0.29) is 36.9 Å². The van der Waals surface area contributed by atoms with Crippen molar-refractivity contribution in [2.75, 3.05) is 18.7 Å². The van der Waals surface area contributed by atoms with E-state index in [4.69, 9.17) is 28.4 Å². The number of nitrogens with two attached hydrogens (primary N) is 1. The summed E-state index contributed by atoms with van der Waals surface area (Å²) in [5.74, 6) is 0.445. The number of H-pyrrole nitrogens is 1. The van der Waals surface area contributed by atoms with Crippen LogP contribution in [0, 0.1) is 0 Å². The second kappa shape index (κ2) is 12.4. The van der Waals surface area contributed by atoms with Crippen LogP contribution in [0.1, 0.15) is 48.7 Å². The molecule has 0 bridgehead atoms. The van der Waals surface area contributed by atoms with Crippen LogP contribution in [-0.2, 0) is 33.5 Å². The SMILES string of the molecule is Nc1nc2c(ncn2CCOCP(OCc2cccc(Br)c2)OCc2oc(=O)oc2C2CCCC2)c(=O)[nH]1. The maximum absolute atomic E-state index is 12.0. The fourth-order valence-corrected chi connectivity index (χ4v) is 5.87. The normalized spacial score (nSPS) is 15.0. The molecule has 0 amide bonds. The Labute approximate surface area is 226 Å². The lowest BCUT2D eigenvalue weighted by atomic mass is 10.0. The number of ether oxygens (including phenoxy) is 1. The Bertz CT molecular complexity index is 1490. The van der Waals surface area contributed by atoms with Gasteiger partial charge in [-0.15, -0.1) is 0 Å². The zero-order valence-electron chi connectivity index (χ0n) is 20.4. The number of nitrogen functional groups attached to an aromatic ring is 1. The van der Waals surface area contributed by atoms with E-state index in [0.29, 0.717) is 30.3 Å². The summed E-state index contributed by atoms with van der Waals surface area (Å²) in [6.45, 7) is 1.04. The predicted molar refractivity (Wildman–Crippen MR) is 142 cm³/mol. The Morgan fingerprint density at radius 2 is 2.00 bits per heavy atom. The second-order valence-electron chi connectivity index (χ2n) is 8.83. The summed E-state index contributed by atoms with van der Waals surface area (Å²) >= 11 is 3.47. The monoisotopic (exact) mass is 607 g/mol. The maximum atomic E-state index is 12.0. The Balaban J connectivity index is 1.21. The Morgan fingerprint density at radius 3 is 2.82 bits per heavy atom. The minimum atomic E-state index is -1.50. The first-order valence-corrected chi connectivity index (χ1v) is 14.3. The standard InChI is InChI=1S/C24H27BrN5O7P/c25-17-7-3-4-15(10-17)11-34-38(35-12-18-20(37-24(32)36-18)16-5-1-2-6-16)14-33-9-8-30-13-27-19-21(30)28-23(26)29-22(19)31/h3-4,7,10,13,16H,1-2,5-6,8-9,11-12,14H2,(H3,26,28,29,31). The van der Waals surface area contributed by atoms with Gasteiger partial charge in [-0.3, -0.25) is 9.78 Å². The molecule has 3 aromatic heterocycles. The van der Waals surface area contributed by atoms with E-state index in [1.54, 1.807) is 4.57 Å². The number of benzene rings is 1. The highest BCUT2D eigenvalue weighted by atomic mass is 79.9. The molecule has 5 rings (SSSR count). The number of aromatic nitrogens is 4. The smallest absolute Gasteiger partial charge is 0.395 e. The van der Waals surface area contributed by atoms with E-state index in [1.807, 2.05) is 24.3 Å². The third-order valence-electron chi connectivity index (χ3n) is 6.17. The number of anilines is 1. The number of nitrogens with one attached hydrogen (secondary N) is 1. The van der Waals surface area contributed by atoms with Crippen molar-refractivity contribution in [1.82, 2.24) is 19.5 Å². The number of rotatable bonds is 12. The maximum Gasteiger partial charge on any atom is 0.519 e. The van der Waals surface area contributed by atoms with Gasteiger partial charge in [0.15, 0.2) is 31.1 Å². The molecule has 1 aromatic carbocycles. The zero-order valence-corrected chi connectivity index (χ0v) is 22.9. The number of hydrogen-bond donors (Lipinski definition) is 2. The third-order valence-corrected chi connectivity index (χ3v) is 7.89. The van der Waals surface area contributed by atoms with Crippen molar-refractivity contribution in [2.45, 2.75) is 51.4 Å². The predicted octanol–water partition coefficient (Wildman–Crippen LogP) is 4.39. The van der Waals surface area contributed by atoms with Gasteiger partial charge in [-0.2, -0.15) is 4.98 Å². The van der Waals surface area contributed by atoms with Gasteiger partial charge in [0.25, 0.3) is 5.56 Å². The summed E-state index contributed by atoms with van der Waals surface area (Å²) in [5, 5.41) is 0. The lowest BCUT2D eigenvalue weighted by Gasteiger charge is -2.18. The molecule has 0 radical (unpaired) electrons. The molecule has 1 aliphatic rings. The molecule has 12 nitrogen and oxygen atoms in total. The van der Waals surface area contributed by atoms with E-state index in [9.17, 15) is 9.59 Å². The first-order chi connectivity index (χ1) is 18.5. The highest BCUT2D eigenvalue weighted by Gasteiger charge is 2.27. The highest BCUT2D eigenvalue weighted by Crippen LogP contribution is 2.42. The molecule has 3 N–H and O–H groups in total. The molecule has 0 aliphatic heterocycles. The number of fused-ring (bicyclic) bond motifs is 1. The molecule has 4 aromatic rings. The molecule has 3 heterocycles.